The SMILES string of the molecule is C[C@H]1C[C@@H](C(=O)NC(C2CC2)C2CC2)CCN1.Cl. The van der Waals surface area contributed by atoms with Gasteiger partial charge in [0.15, 0.2) is 0 Å². The number of nitrogens with one attached hydrogen (secondary N) is 2. The first kappa shape index (κ1) is 14.1. The highest BCUT2D eigenvalue weighted by Gasteiger charge is 2.42. The highest BCUT2D eigenvalue weighted by atomic mass is 35.5. The van der Waals surface area contributed by atoms with E-state index >= 15 is 0 Å². The summed E-state index contributed by atoms with van der Waals surface area (Å²) in [6.45, 7) is 3.18. The summed E-state index contributed by atoms with van der Waals surface area (Å²) in [5.74, 6) is 2.21. The standard InChI is InChI=1S/C14H24N2O.ClH/c1-9-8-12(6-7-15-9)14(17)16-13(10-2-3-10)11-4-5-11;/h9-13,15H,2-8H2,1H3,(H,16,17);1H/t9-,12-;/m0./s1. The van der Waals surface area contributed by atoms with Crippen LogP contribution < -0.4 is 10.6 Å². The first-order valence-corrected chi connectivity index (χ1v) is 7.28. The quantitative estimate of drug-likeness (QED) is 0.823. The Hall–Kier alpha value is -0.280. The molecule has 0 aromatic heterocycles. The Balaban J connectivity index is 0.00000120. The zero-order valence-corrected chi connectivity index (χ0v) is 12.0. The first-order valence-electron chi connectivity index (χ1n) is 7.28. The van der Waals surface area contributed by atoms with Gasteiger partial charge in [0.25, 0.3) is 0 Å². The van der Waals surface area contributed by atoms with Gasteiger partial charge in [0.1, 0.15) is 0 Å². The molecule has 1 amide bonds. The van der Waals surface area contributed by atoms with E-state index in [2.05, 4.69) is 17.6 Å². The lowest BCUT2D eigenvalue weighted by atomic mass is 9.92. The number of carbonyl (C=O) groups is 1. The van der Waals surface area contributed by atoms with Crippen molar-refractivity contribution in [3.05, 3.63) is 0 Å². The van der Waals surface area contributed by atoms with Crippen LogP contribution in [0.4, 0.5) is 0 Å². The Morgan fingerprint density at radius 1 is 1.17 bits per heavy atom. The number of hydrogen-bond acceptors (Lipinski definition) is 2. The van der Waals surface area contributed by atoms with Gasteiger partial charge in [-0.3, -0.25) is 4.79 Å². The summed E-state index contributed by atoms with van der Waals surface area (Å²) in [5, 5.41) is 6.77. The fourth-order valence-corrected chi connectivity index (χ4v) is 3.18. The molecule has 1 aliphatic heterocycles. The van der Waals surface area contributed by atoms with Gasteiger partial charge in [-0.15, -0.1) is 12.4 Å². The summed E-state index contributed by atoms with van der Waals surface area (Å²) in [7, 11) is 0. The van der Waals surface area contributed by atoms with E-state index < -0.39 is 0 Å². The molecule has 2 aliphatic carbocycles. The summed E-state index contributed by atoms with van der Waals surface area (Å²) >= 11 is 0. The maximum Gasteiger partial charge on any atom is 0.223 e. The molecular weight excluding hydrogens is 248 g/mol. The number of hydrogen-bond donors (Lipinski definition) is 2. The molecule has 0 unspecified atom stereocenters. The second-order valence-electron chi connectivity index (χ2n) is 6.29. The van der Waals surface area contributed by atoms with Crippen LogP contribution in [0.5, 0.6) is 0 Å². The first-order chi connectivity index (χ1) is 8.24. The third-order valence-corrected chi connectivity index (χ3v) is 4.56. The molecule has 0 bridgehead atoms. The fraction of sp³-hybridized carbons (Fsp3) is 0.929. The molecule has 3 aliphatic rings. The fourth-order valence-electron chi connectivity index (χ4n) is 3.18. The molecule has 1 saturated heterocycles. The van der Waals surface area contributed by atoms with Crippen LogP contribution in [0.25, 0.3) is 0 Å². The molecule has 2 N–H and O–H groups in total. The molecule has 1 heterocycles. The van der Waals surface area contributed by atoms with Crippen molar-refractivity contribution < 1.29 is 4.79 Å². The lowest BCUT2D eigenvalue weighted by molar-refractivity contribution is -0.127. The molecule has 3 nitrogen and oxygen atoms in total. The molecule has 2 atom stereocenters. The average molecular weight is 273 g/mol. The van der Waals surface area contributed by atoms with E-state index in [0.29, 0.717) is 18.0 Å². The molecule has 0 aromatic carbocycles. The smallest absolute Gasteiger partial charge is 0.223 e. The topological polar surface area (TPSA) is 41.1 Å². The van der Waals surface area contributed by atoms with Crippen molar-refractivity contribution in [1.82, 2.24) is 10.6 Å². The minimum Gasteiger partial charge on any atom is -0.353 e. The van der Waals surface area contributed by atoms with Gasteiger partial charge in [-0.2, -0.15) is 0 Å². The largest absolute Gasteiger partial charge is 0.353 e. The predicted molar refractivity (Wildman–Crippen MR) is 74.8 cm³/mol. The molecule has 3 fully saturated rings. The normalized spacial score (nSPS) is 31.9. The minimum absolute atomic E-state index is 0. The Kier molecular flexibility index (Phi) is 4.54. The maximum absolute atomic E-state index is 12.3. The molecule has 4 heteroatoms. The lowest BCUT2D eigenvalue weighted by Gasteiger charge is -2.29. The van der Waals surface area contributed by atoms with Crippen LogP contribution in [0.3, 0.4) is 0 Å². The highest BCUT2D eigenvalue weighted by Crippen LogP contribution is 2.44. The minimum atomic E-state index is 0. The average Bonchev–Trinajstić information content (AvgIpc) is 3.16. The van der Waals surface area contributed by atoms with Gasteiger partial charge in [-0.1, -0.05) is 0 Å². The van der Waals surface area contributed by atoms with Crippen LogP contribution in [0, 0.1) is 17.8 Å². The lowest BCUT2D eigenvalue weighted by Crippen LogP contribution is -2.46. The Bertz CT molecular complexity index is 290. The van der Waals surface area contributed by atoms with Gasteiger partial charge in [0.2, 0.25) is 5.91 Å². The van der Waals surface area contributed by atoms with Gasteiger partial charge in [0, 0.05) is 18.0 Å². The van der Waals surface area contributed by atoms with Crippen molar-refractivity contribution in [3.63, 3.8) is 0 Å². The third kappa shape index (κ3) is 3.39. The number of carbonyl (C=O) groups excluding carboxylic acids is 1. The van der Waals surface area contributed by atoms with E-state index in [0.717, 1.165) is 31.2 Å². The van der Waals surface area contributed by atoms with Crippen LogP contribution in [-0.2, 0) is 4.79 Å². The number of piperidine rings is 1. The summed E-state index contributed by atoms with van der Waals surface area (Å²) in [5.41, 5.74) is 0. The molecule has 18 heavy (non-hydrogen) atoms. The zero-order valence-electron chi connectivity index (χ0n) is 11.2. The van der Waals surface area contributed by atoms with Crippen molar-refractivity contribution >= 4 is 18.3 Å². The highest BCUT2D eigenvalue weighted by molar-refractivity contribution is 5.85. The molecule has 0 radical (unpaired) electrons. The van der Waals surface area contributed by atoms with E-state index in [1.165, 1.54) is 25.7 Å². The van der Waals surface area contributed by atoms with E-state index in [1.807, 2.05) is 0 Å². The Morgan fingerprint density at radius 2 is 1.78 bits per heavy atom. The van der Waals surface area contributed by atoms with Crippen LogP contribution in [0.2, 0.25) is 0 Å². The van der Waals surface area contributed by atoms with Crippen LogP contribution >= 0.6 is 12.4 Å². The van der Waals surface area contributed by atoms with E-state index in [9.17, 15) is 4.79 Å². The second-order valence-corrected chi connectivity index (χ2v) is 6.29. The molecule has 0 aromatic rings. The number of amides is 1. The predicted octanol–water partition coefficient (Wildman–Crippen LogP) is 2.10. The Morgan fingerprint density at radius 3 is 2.28 bits per heavy atom. The molecule has 3 rings (SSSR count). The summed E-state index contributed by atoms with van der Waals surface area (Å²) in [6.07, 6.45) is 7.37. The number of halogens is 1. The van der Waals surface area contributed by atoms with E-state index in [4.69, 9.17) is 0 Å². The van der Waals surface area contributed by atoms with Gasteiger partial charge < -0.3 is 10.6 Å². The van der Waals surface area contributed by atoms with Gasteiger partial charge in [0.05, 0.1) is 0 Å². The number of rotatable bonds is 4. The summed E-state index contributed by atoms with van der Waals surface area (Å²) < 4.78 is 0. The van der Waals surface area contributed by atoms with E-state index in [1.54, 1.807) is 0 Å². The second kappa shape index (κ2) is 5.79. The summed E-state index contributed by atoms with van der Waals surface area (Å²) in [4.78, 5) is 12.3. The monoisotopic (exact) mass is 272 g/mol. The van der Waals surface area contributed by atoms with Crippen molar-refractivity contribution in [3.8, 4) is 0 Å². The van der Waals surface area contributed by atoms with Crippen molar-refractivity contribution in [2.24, 2.45) is 17.8 Å². The van der Waals surface area contributed by atoms with Crippen LogP contribution in [-0.4, -0.2) is 24.5 Å². The Labute approximate surface area is 116 Å². The zero-order chi connectivity index (χ0) is 11.8. The molecule has 0 spiro atoms. The van der Waals surface area contributed by atoms with Crippen molar-refractivity contribution in [1.29, 1.82) is 0 Å². The molecule has 104 valence electrons. The van der Waals surface area contributed by atoms with Gasteiger partial charge in [-0.05, 0) is 63.8 Å². The maximum atomic E-state index is 12.3. The van der Waals surface area contributed by atoms with Gasteiger partial charge in [-0.25, -0.2) is 0 Å². The molecular formula is C14H25ClN2O. The van der Waals surface area contributed by atoms with Gasteiger partial charge >= 0.3 is 0 Å². The van der Waals surface area contributed by atoms with Crippen molar-refractivity contribution in [2.75, 3.05) is 6.54 Å². The molecule has 2 saturated carbocycles. The third-order valence-electron chi connectivity index (χ3n) is 4.56. The van der Waals surface area contributed by atoms with Crippen molar-refractivity contribution in [2.45, 2.75) is 57.5 Å². The van der Waals surface area contributed by atoms with Crippen LogP contribution in [0.15, 0.2) is 0 Å². The summed E-state index contributed by atoms with van der Waals surface area (Å²) in [6, 6.07) is 1.02. The van der Waals surface area contributed by atoms with Crippen LogP contribution in [0.1, 0.15) is 45.4 Å². The van der Waals surface area contributed by atoms with E-state index in [-0.39, 0.29) is 18.3 Å².